The van der Waals surface area contributed by atoms with Crippen molar-refractivity contribution in [1.82, 2.24) is 0 Å². The number of phenols is 1. The van der Waals surface area contributed by atoms with Crippen LogP contribution in [-0.2, 0) is 6.42 Å². The van der Waals surface area contributed by atoms with Crippen molar-refractivity contribution in [3.05, 3.63) is 48.0 Å². The van der Waals surface area contributed by atoms with E-state index in [1.807, 2.05) is 18.2 Å². The van der Waals surface area contributed by atoms with E-state index in [1.165, 1.54) is 6.07 Å². The van der Waals surface area contributed by atoms with E-state index in [2.05, 4.69) is 6.07 Å². The second kappa shape index (κ2) is 6.70. The van der Waals surface area contributed by atoms with Gasteiger partial charge < -0.3 is 19.3 Å². The summed E-state index contributed by atoms with van der Waals surface area (Å²) in [6.45, 7) is 0.486. The molecular formula is C16H17O4. The quantitative estimate of drug-likeness (QED) is 0.879. The van der Waals surface area contributed by atoms with Crippen molar-refractivity contribution in [2.45, 2.75) is 6.42 Å². The minimum Gasteiger partial charge on any atom is -0.508 e. The minimum atomic E-state index is 0.143. The van der Waals surface area contributed by atoms with Crippen LogP contribution in [0.4, 0.5) is 0 Å². The van der Waals surface area contributed by atoms with Crippen LogP contribution in [0.3, 0.4) is 0 Å². The lowest BCUT2D eigenvalue weighted by Gasteiger charge is -2.11. The SMILES string of the molecule is COc1ccc(CCOc2c[c]cc(O)c2)c(OC)c1. The number of ether oxygens (including phenoxy) is 3. The average Bonchev–Trinajstić information content (AvgIpc) is 2.47. The first-order valence-corrected chi connectivity index (χ1v) is 6.26. The first kappa shape index (κ1) is 14.1. The molecule has 2 aromatic rings. The van der Waals surface area contributed by atoms with Crippen molar-refractivity contribution in [2.24, 2.45) is 0 Å². The fourth-order valence-corrected chi connectivity index (χ4v) is 1.86. The van der Waals surface area contributed by atoms with Crippen LogP contribution in [0.5, 0.6) is 23.0 Å². The normalized spacial score (nSPS) is 10.1. The molecule has 0 spiro atoms. The Kier molecular flexibility index (Phi) is 4.71. The highest BCUT2D eigenvalue weighted by atomic mass is 16.5. The van der Waals surface area contributed by atoms with Crippen molar-refractivity contribution in [2.75, 3.05) is 20.8 Å². The largest absolute Gasteiger partial charge is 0.508 e. The third-order valence-corrected chi connectivity index (χ3v) is 2.88. The zero-order valence-corrected chi connectivity index (χ0v) is 11.6. The maximum absolute atomic E-state index is 9.32. The van der Waals surface area contributed by atoms with Crippen LogP contribution in [0.25, 0.3) is 0 Å². The predicted octanol–water partition coefficient (Wildman–Crippen LogP) is 2.83. The van der Waals surface area contributed by atoms with Gasteiger partial charge in [0.2, 0.25) is 0 Å². The van der Waals surface area contributed by atoms with Crippen LogP contribution in [0, 0.1) is 6.07 Å². The number of rotatable bonds is 6. The molecule has 0 bridgehead atoms. The highest BCUT2D eigenvalue weighted by molar-refractivity contribution is 5.41. The van der Waals surface area contributed by atoms with Gasteiger partial charge in [0.1, 0.15) is 23.0 Å². The van der Waals surface area contributed by atoms with Gasteiger partial charge in [-0.25, -0.2) is 0 Å². The highest BCUT2D eigenvalue weighted by Gasteiger charge is 2.05. The first-order chi connectivity index (χ1) is 9.72. The number of aromatic hydroxyl groups is 1. The van der Waals surface area contributed by atoms with E-state index in [9.17, 15) is 5.11 Å². The minimum absolute atomic E-state index is 0.143. The standard InChI is InChI=1S/C16H17O4/c1-18-14-7-6-12(16(11-14)19-2)8-9-20-15-5-3-4-13(17)10-15/h4-7,10-11,17H,8-9H2,1-2H3. The second-order valence-corrected chi connectivity index (χ2v) is 4.20. The Balaban J connectivity index is 1.97. The molecule has 20 heavy (non-hydrogen) atoms. The molecule has 0 fully saturated rings. The van der Waals surface area contributed by atoms with Gasteiger partial charge >= 0.3 is 0 Å². The second-order valence-electron chi connectivity index (χ2n) is 4.20. The molecule has 0 unspecified atom stereocenters. The molecule has 0 heterocycles. The number of hydrogen-bond donors (Lipinski definition) is 1. The molecule has 0 aliphatic rings. The Hall–Kier alpha value is -2.36. The van der Waals surface area contributed by atoms with E-state index in [1.54, 1.807) is 26.4 Å². The molecule has 2 rings (SSSR count). The highest BCUT2D eigenvalue weighted by Crippen LogP contribution is 2.25. The van der Waals surface area contributed by atoms with Crippen LogP contribution in [0.15, 0.2) is 36.4 Å². The monoisotopic (exact) mass is 273 g/mol. The number of benzene rings is 2. The summed E-state index contributed by atoms with van der Waals surface area (Å²) < 4.78 is 16.1. The lowest BCUT2D eigenvalue weighted by atomic mass is 10.1. The molecular weight excluding hydrogens is 256 g/mol. The van der Waals surface area contributed by atoms with Gasteiger partial charge in [0, 0.05) is 18.6 Å². The van der Waals surface area contributed by atoms with E-state index < -0.39 is 0 Å². The fraction of sp³-hybridized carbons (Fsp3) is 0.250. The van der Waals surface area contributed by atoms with Crippen molar-refractivity contribution in [3.8, 4) is 23.0 Å². The van der Waals surface area contributed by atoms with Gasteiger partial charge in [0.15, 0.2) is 0 Å². The summed E-state index contributed by atoms with van der Waals surface area (Å²) >= 11 is 0. The van der Waals surface area contributed by atoms with Gasteiger partial charge in [-0.05, 0) is 29.8 Å². The van der Waals surface area contributed by atoms with Crippen molar-refractivity contribution in [3.63, 3.8) is 0 Å². The van der Waals surface area contributed by atoms with E-state index in [-0.39, 0.29) is 5.75 Å². The Morgan fingerprint density at radius 1 is 1.05 bits per heavy atom. The van der Waals surface area contributed by atoms with E-state index >= 15 is 0 Å². The van der Waals surface area contributed by atoms with Crippen LogP contribution >= 0.6 is 0 Å². The number of hydrogen-bond acceptors (Lipinski definition) is 4. The number of phenolic OH excluding ortho intramolecular Hbond substituents is 1. The van der Waals surface area contributed by atoms with Crippen molar-refractivity contribution >= 4 is 0 Å². The summed E-state index contributed by atoms with van der Waals surface area (Å²) in [7, 11) is 3.25. The molecule has 0 aromatic heterocycles. The van der Waals surface area contributed by atoms with Gasteiger partial charge in [-0.15, -0.1) is 0 Å². The predicted molar refractivity (Wildman–Crippen MR) is 75.7 cm³/mol. The van der Waals surface area contributed by atoms with Crippen LogP contribution in [-0.4, -0.2) is 25.9 Å². The average molecular weight is 273 g/mol. The summed E-state index contributed by atoms with van der Waals surface area (Å²) in [5, 5.41) is 9.32. The Labute approximate surface area is 118 Å². The Morgan fingerprint density at radius 2 is 1.90 bits per heavy atom. The van der Waals surface area contributed by atoms with Crippen molar-refractivity contribution in [1.29, 1.82) is 0 Å². The fourth-order valence-electron chi connectivity index (χ4n) is 1.86. The molecule has 105 valence electrons. The van der Waals surface area contributed by atoms with Gasteiger partial charge in [-0.1, -0.05) is 6.07 Å². The molecule has 4 heteroatoms. The molecule has 1 radical (unpaired) electrons. The maximum Gasteiger partial charge on any atom is 0.125 e. The van der Waals surface area contributed by atoms with Crippen LogP contribution in [0.2, 0.25) is 0 Å². The third-order valence-electron chi connectivity index (χ3n) is 2.88. The zero-order valence-electron chi connectivity index (χ0n) is 11.6. The van der Waals surface area contributed by atoms with Crippen LogP contribution in [0.1, 0.15) is 5.56 Å². The maximum atomic E-state index is 9.32. The molecule has 0 amide bonds. The van der Waals surface area contributed by atoms with Gasteiger partial charge in [-0.2, -0.15) is 0 Å². The van der Waals surface area contributed by atoms with E-state index in [4.69, 9.17) is 14.2 Å². The van der Waals surface area contributed by atoms with E-state index in [0.29, 0.717) is 18.8 Å². The molecule has 0 aliphatic carbocycles. The summed E-state index contributed by atoms with van der Waals surface area (Å²) in [6.07, 6.45) is 0.697. The topological polar surface area (TPSA) is 47.9 Å². The molecule has 4 nitrogen and oxygen atoms in total. The van der Waals surface area contributed by atoms with Gasteiger partial charge in [-0.3, -0.25) is 0 Å². The van der Waals surface area contributed by atoms with E-state index in [0.717, 1.165) is 17.1 Å². The lowest BCUT2D eigenvalue weighted by molar-refractivity contribution is 0.316. The molecule has 2 aromatic carbocycles. The lowest BCUT2D eigenvalue weighted by Crippen LogP contribution is -2.03. The Bertz CT molecular complexity index is 566. The molecule has 0 saturated carbocycles. The summed E-state index contributed by atoms with van der Waals surface area (Å²) in [5.74, 6) is 2.27. The van der Waals surface area contributed by atoms with Crippen LogP contribution < -0.4 is 14.2 Å². The third kappa shape index (κ3) is 3.57. The van der Waals surface area contributed by atoms with Gasteiger partial charge in [0.25, 0.3) is 0 Å². The summed E-state index contributed by atoms with van der Waals surface area (Å²) in [6, 6.07) is 13.2. The summed E-state index contributed by atoms with van der Waals surface area (Å²) in [4.78, 5) is 0. The molecule has 0 atom stereocenters. The Morgan fingerprint density at radius 3 is 2.60 bits per heavy atom. The molecule has 0 saturated heterocycles. The smallest absolute Gasteiger partial charge is 0.125 e. The van der Waals surface area contributed by atoms with Crippen molar-refractivity contribution < 1.29 is 19.3 Å². The first-order valence-electron chi connectivity index (χ1n) is 6.26. The summed E-state index contributed by atoms with van der Waals surface area (Å²) in [5.41, 5.74) is 1.04. The number of methoxy groups -OCH3 is 2. The molecule has 0 aliphatic heterocycles. The molecule has 1 N–H and O–H groups in total. The van der Waals surface area contributed by atoms with Gasteiger partial charge in [0.05, 0.1) is 20.8 Å². The zero-order chi connectivity index (χ0) is 14.4.